The fourth-order valence-corrected chi connectivity index (χ4v) is 5.53. The first-order chi connectivity index (χ1) is 17.4. The molecular weight excluding hydrogens is 488 g/mol. The molecule has 1 atom stereocenters. The van der Waals surface area contributed by atoms with Crippen molar-refractivity contribution < 1.29 is 23.4 Å². The zero-order valence-corrected chi connectivity index (χ0v) is 20.2. The monoisotopic (exact) mass is 513 g/mol. The van der Waals surface area contributed by atoms with Gasteiger partial charge in [-0.15, -0.1) is 0 Å². The van der Waals surface area contributed by atoms with Crippen molar-refractivity contribution in [1.29, 1.82) is 0 Å². The number of carbonyl (C=O) groups is 1. The summed E-state index contributed by atoms with van der Waals surface area (Å²) in [7, 11) is 0. The summed E-state index contributed by atoms with van der Waals surface area (Å²) in [6.45, 7) is 0.197. The molecule has 1 aliphatic heterocycles. The summed E-state index contributed by atoms with van der Waals surface area (Å²) in [4.78, 5) is 15.5. The number of ether oxygens (including phenoxy) is 1. The number of nitrogens with one attached hydrogen (secondary N) is 2. The van der Waals surface area contributed by atoms with Crippen molar-refractivity contribution in [3.63, 3.8) is 0 Å². The zero-order chi connectivity index (χ0) is 25.3. The third kappa shape index (κ3) is 4.69. The summed E-state index contributed by atoms with van der Waals surface area (Å²) in [5.41, 5.74) is 0.700. The second-order valence-electron chi connectivity index (χ2n) is 9.36. The Hall–Kier alpha value is -3.39. The van der Waals surface area contributed by atoms with Gasteiger partial charge in [-0.3, -0.25) is 0 Å². The number of rotatable bonds is 7. The molecule has 0 bridgehead atoms. The maximum atomic E-state index is 14.2. The van der Waals surface area contributed by atoms with Crippen LogP contribution in [0.4, 0.5) is 20.2 Å². The fraction of sp³-hybridized carbons (Fsp3) is 0.333. The maximum Gasteiger partial charge on any atom is 0.354 e. The SMILES string of the molecule is O=C(O)c1cccc(OCC(C2CCCCC2)C2(c3ccc(Cl)cc3)Nc3cc(F)c(F)cc3N2)n1. The summed E-state index contributed by atoms with van der Waals surface area (Å²) >= 11 is 6.18. The highest BCUT2D eigenvalue weighted by Gasteiger charge is 2.49. The predicted molar refractivity (Wildman–Crippen MR) is 133 cm³/mol. The molecule has 0 saturated heterocycles. The summed E-state index contributed by atoms with van der Waals surface area (Å²) in [6, 6.07) is 14.3. The molecule has 9 heteroatoms. The van der Waals surface area contributed by atoms with Gasteiger partial charge in [0, 0.05) is 29.1 Å². The van der Waals surface area contributed by atoms with Crippen LogP contribution in [0.25, 0.3) is 0 Å². The van der Waals surface area contributed by atoms with Crippen LogP contribution in [-0.2, 0) is 5.66 Å². The largest absolute Gasteiger partial charge is 0.477 e. The molecule has 1 aliphatic carbocycles. The normalized spacial score (nSPS) is 17.5. The van der Waals surface area contributed by atoms with Crippen molar-refractivity contribution in [2.24, 2.45) is 11.8 Å². The van der Waals surface area contributed by atoms with Gasteiger partial charge in [-0.05, 0) is 42.5 Å². The van der Waals surface area contributed by atoms with E-state index in [0.717, 1.165) is 49.8 Å². The van der Waals surface area contributed by atoms with Crippen LogP contribution >= 0.6 is 11.6 Å². The van der Waals surface area contributed by atoms with E-state index in [9.17, 15) is 18.7 Å². The molecule has 2 aliphatic rings. The van der Waals surface area contributed by atoms with Crippen molar-refractivity contribution in [3.05, 3.63) is 82.5 Å². The number of anilines is 2. The lowest BCUT2D eigenvalue weighted by atomic mass is 9.72. The minimum atomic E-state index is -1.14. The molecule has 0 amide bonds. The van der Waals surface area contributed by atoms with E-state index < -0.39 is 23.3 Å². The highest BCUT2D eigenvalue weighted by molar-refractivity contribution is 6.30. The van der Waals surface area contributed by atoms with Gasteiger partial charge in [0.25, 0.3) is 0 Å². The molecule has 0 radical (unpaired) electrons. The van der Waals surface area contributed by atoms with E-state index in [1.54, 1.807) is 24.3 Å². The topological polar surface area (TPSA) is 83.5 Å². The minimum Gasteiger partial charge on any atom is -0.477 e. The molecule has 1 saturated carbocycles. The van der Waals surface area contributed by atoms with E-state index in [-0.39, 0.29) is 30.0 Å². The van der Waals surface area contributed by atoms with Crippen molar-refractivity contribution in [2.45, 2.75) is 37.8 Å². The first-order valence-corrected chi connectivity index (χ1v) is 12.4. The Labute approximate surface area is 212 Å². The van der Waals surface area contributed by atoms with Gasteiger partial charge in [-0.1, -0.05) is 49.1 Å². The number of benzene rings is 2. The standard InChI is InChI=1S/C27H26ClF2N3O3/c28-18-11-9-17(10-12-18)27(32-23-13-20(29)21(30)14-24(23)33-27)19(16-5-2-1-3-6-16)15-36-25-8-4-7-22(31-25)26(34)35/h4,7-14,16,19,32-33H,1-3,5-6,15H2,(H,34,35). The molecule has 5 rings (SSSR count). The van der Waals surface area contributed by atoms with Crippen LogP contribution in [0.1, 0.15) is 48.2 Å². The summed E-state index contributed by atoms with van der Waals surface area (Å²) in [5, 5.41) is 16.8. The molecule has 6 nitrogen and oxygen atoms in total. The third-order valence-corrected chi connectivity index (χ3v) is 7.40. The lowest BCUT2D eigenvalue weighted by Gasteiger charge is -2.44. The number of carboxylic acid groups (broad SMARTS) is 1. The molecule has 1 unspecified atom stereocenters. The number of carboxylic acids is 1. The first kappa shape index (κ1) is 24.3. The van der Waals surface area contributed by atoms with Gasteiger partial charge in [0.15, 0.2) is 17.3 Å². The van der Waals surface area contributed by atoms with Crippen LogP contribution in [0.5, 0.6) is 5.88 Å². The molecule has 36 heavy (non-hydrogen) atoms. The molecule has 2 aromatic carbocycles. The average Bonchev–Trinajstić information content (AvgIpc) is 3.24. The number of halogens is 3. The van der Waals surface area contributed by atoms with Crippen LogP contribution < -0.4 is 15.4 Å². The Bertz CT molecular complexity index is 1230. The molecule has 1 fully saturated rings. The zero-order valence-electron chi connectivity index (χ0n) is 19.4. The van der Waals surface area contributed by atoms with E-state index in [4.69, 9.17) is 16.3 Å². The highest BCUT2D eigenvalue weighted by atomic mass is 35.5. The van der Waals surface area contributed by atoms with Gasteiger partial charge in [-0.25, -0.2) is 18.6 Å². The lowest BCUT2D eigenvalue weighted by Crippen LogP contribution is -2.51. The number of pyridine rings is 1. The van der Waals surface area contributed by atoms with E-state index in [1.165, 1.54) is 6.07 Å². The average molecular weight is 514 g/mol. The molecule has 3 aromatic rings. The highest BCUT2D eigenvalue weighted by Crippen LogP contribution is 2.49. The number of aromatic nitrogens is 1. The quantitative estimate of drug-likeness (QED) is 0.327. The van der Waals surface area contributed by atoms with Crippen molar-refractivity contribution in [1.82, 2.24) is 4.98 Å². The van der Waals surface area contributed by atoms with Crippen LogP contribution in [0.2, 0.25) is 5.02 Å². The Morgan fingerprint density at radius 1 is 1.06 bits per heavy atom. The van der Waals surface area contributed by atoms with Crippen molar-refractivity contribution >= 4 is 28.9 Å². The summed E-state index contributed by atoms with van der Waals surface area (Å²) in [6.07, 6.45) is 5.22. The molecule has 1 aromatic heterocycles. The van der Waals surface area contributed by atoms with Crippen LogP contribution in [0.3, 0.4) is 0 Å². The second kappa shape index (κ2) is 9.93. The summed E-state index contributed by atoms with van der Waals surface area (Å²) in [5.74, 6) is -2.78. The van der Waals surface area contributed by atoms with E-state index >= 15 is 0 Å². The Balaban J connectivity index is 1.56. The summed E-state index contributed by atoms with van der Waals surface area (Å²) < 4.78 is 34.4. The fourth-order valence-electron chi connectivity index (χ4n) is 5.41. The first-order valence-electron chi connectivity index (χ1n) is 12.0. The van der Waals surface area contributed by atoms with E-state index in [1.807, 2.05) is 12.1 Å². The molecule has 3 N–H and O–H groups in total. The van der Waals surface area contributed by atoms with Crippen LogP contribution in [0, 0.1) is 23.5 Å². The smallest absolute Gasteiger partial charge is 0.354 e. The number of nitrogens with zero attached hydrogens (tertiary/aromatic N) is 1. The van der Waals surface area contributed by atoms with Gasteiger partial charge in [0.2, 0.25) is 5.88 Å². The maximum absolute atomic E-state index is 14.2. The Kier molecular flexibility index (Phi) is 6.71. The van der Waals surface area contributed by atoms with Crippen LogP contribution in [0.15, 0.2) is 54.6 Å². The molecular formula is C27H26ClF2N3O3. The Morgan fingerprint density at radius 3 is 2.31 bits per heavy atom. The predicted octanol–water partition coefficient (Wildman–Crippen LogP) is 6.68. The van der Waals surface area contributed by atoms with Gasteiger partial charge in [-0.2, -0.15) is 0 Å². The number of aromatic carboxylic acids is 1. The molecule has 0 spiro atoms. The van der Waals surface area contributed by atoms with Gasteiger partial charge in [0.1, 0.15) is 5.66 Å². The second-order valence-corrected chi connectivity index (χ2v) is 9.80. The van der Waals surface area contributed by atoms with Gasteiger partial charge < -0.3 is 20.5 Å². The lowest BCUT2D eigenvalue weighted by molar-refractivity contribution is 0.0687. The number of hydrogen-bond donors (Lipinski definition) is 3. The molecule has 188 valence electrons. The van der Waals surface area contributed by atoms with Gasteiger partial charge >= 0.3 is 5.97 Å². The third-order valence-electron chi connectivity index (χ3n) is 7.15. The van der Waals surface area contributed by atoms with Gasteiger partial charge in [0.05, 0.1) is 18.0 Å². The van der Waals surface area contributed by atoms with E-state index in [2.05, 4.69) is 15.6 Å². The Morgan fingerprint density at radius 2 is 1.69 bits per heavy atom. The number of hydrogen-bond acceptors (Lipinski definition) is 5. The van der Waals surface area contributed by atoms with Crippen LogP contribution in [-0.4, -0.2) is 22.7 Å². The number of fused-ring (bicyclic) bond motifs is 1. The van der Waals surface area contributed by atoms with E-state index in [0.29, 0.717) is 16.4 Å². The van der Waals surface area contributed by atoms with Crippen molar-refractivity contribution in [2.75, 3.05) is 17.2 Å². The molecule has 2 heterocycles. The van der Waals surface area contributed by atoms with Crippen molar-refractivity contribution in [3.8, 4) is 5.88 Å². The minimum absolute atomic E-state index is 0.107.